The van der Waals surface area contributed by atoms with Crippen LogP contribution in [-0.4, -0.2) is 4.98 Å². The van der Waals surface area contributed by atoms with E-state index in [9.17, 15) is 10.5 Å². The summed E-state index contributed by atoms with van der Waals surface area (Å²) in [4.78, 5) is 3.45. The Morgan fingerprint density at radius 3 is 2.23 bits per heavy atom. The van der Waals surface area contributed by atoms with Crippen LogP contribution in [0.25, 0.3) is 22.2 Å². The molecular weight excluding hydrogens is 270 g/mol. The number of para-hydroxylation sites is 1. The van der Waals surface area contributed by atoms with E-state index >= 15 is 0 Å². The summed E-state index contributed by atoms with van der Waals surface area (Å²) in [5.41, 5.74) is 4.12. The number of aromatic nitrogens is 1. The number of hydrogen-bond donors (Lipinski definition) is 1. The molecule has 106 valence electrons. The van der Waals surface area contributed by atoms with Crippen LogP contribution in [0, 0.1) is 28.6 Å². The first kappa shape index (κ1) is 13.9. The Hall–Kier alpha value is -3.04. The number of H-pyrrole nitrogens is 1. The first-order chi connectivity index (χ1) is 10.8. The van der Waals surface area contributed by atoms with Crippen molar-refractivity contribution in [3.63, 3.8) is 0 Å². The average molecular weight is 285 g/mol. The van der Waals surface area contributed by atoms with Crippen LogP contribution in [0.1, 0.15) is 18.4 Å². The van der Waals surface area contributed by atoms with Crippen LogP contribution >= 0.6 is 0 Å². The molecule has 1 unspecified atom stereocenters. The normalized spacial score (nSPS) is 12.0. The number of hydrogen-bond acceptors (Lipinski definition) is 2. The van der Waals surface area contributed by atoms with Gasteiger partial charge < -0.3 is 4.98 Å². The fourth-order valence-electron chi connectivity index (χ4n) is 2.89. The van der Waals surface area contributed by atoms with E-state index in [1.54, 1.807) is 0 Å². The van der Waals surface area contributed by atoms with Gasteiger partial charge in [0.05, 0.1) is 17.8 Å². The van der Waals surface area contributed by atoms with Crippen molar-refractivity contribution in [3.05, 3.63) is 60.2 Å². The standard InChI is InChI=1S/C19H15N3/c1-13(15(11-20)12-21)18-16-9-5-6-10-17(16)22-19(18)14-7-3-2-4-8-14/h2-10,13,15,22H,1H3. The lowest BCUT2D eigenvalue weighted by atomic mass is 9.86. The van der Waals surface area contributed by atoms with Gasteiger partial charge in [0.2, 0.25) is 0 Å². The minimum atomic E-state index is -0.665. The van der Waals surface area contributed by atoms with Crippen LogP contribution in [0.3, 0.4) is 0 Å². The minimum Gasteiger partial charge on any atom is -0.354 e. The zero-order valence-corrected chi connectivity index (χ0v) is 12.2. The number of nitrogens with one attached hydrogen (secondary N) is 1. The molecule has 1 aromatic heterocycles. The van der Waals surface area contributed by atoms with E-state index in [0.717, 1.165) is 27.7 Å². The Morgan fingerprint density at radius 2 is 1.55 bits per heavy atom. The van der Waals surface area contributed by atoms with Gasteiger partial charge in [-0.2, -0.15) is 10.5 Å². The van der Waals surface area contributed by atoms with Gasteiger partial charge in [0, 0.05) is 16.8 Å². The van der Waals surface area contributed by atoms with Crippen molar-refractivity contribution in [1.29, 1.82) is 10.5 Å². The molecule has 0 aliphatic carbocycles. The maximum Gasteiger partial charge on any atom is 0.140 e. The first-order valence-corrected chi connectivity index (χ1v) is 7.21. The summed E-state index contributed by atoms with van der Waals surface area (Å²) < 4.78 is 0. The highest BCUT2D eigenvalue weighted by Crippen LogP contribution is 2.38. The Morgan fingerprint density at radius 1 is 0.909 bits per heavy atom. The van der Waals surface area contributed by atoms with E-state index < -0.39 is 5.92 Å². The number of rotatable bonds is 3. The lowest BCUT2D eigenvalue weighted by molar-refractivity contribution is 0.676. The van der Waals surface area contributed by atoms with Crippen LogP contribution < -0.4 is 0 Å². The Balaban J connectivity index is 2.27. The van der Waals surface area contributed by atoms with Crippen molar-refractivity contribution in [2.24, 2.45) is 5.92 Å². The van der Waals surface area contributed by atoms with Gasteiger partial charge in [-0.1, -0.05) is 55.5 Å². The van der Waals surface area contributed by atoms with Crippen molar-refractivity contribution < 1.29 is 0 Å². The van der Waals surface area contributed by atoms with E-state index in [1.807, 2.05) is 61.5 Å². The number of nitriles is 2. The number of fused-ring (bicyclic) bond motifs is 1. The van der Waals surface area contributed by atoms with Gasteiger partial charge in [0.15, 0.2) is 0 Å². The summed E-state index contributed by atoms with van der Waals surface area (Å²) in [6, 6.07) is 22.3. The average Bonchev–Trinajstić information content (AvgIpc) is 2.96. The van der Waals surface area contributed by atoms with Crippen molar-refractivity contribution in [1.82, 2.24) is 4.98 Å². The second-order valence-corrected chi connectivity index (χ2v) is 5.35. The first-order valence-electron chi connectivity index (χ1n) is 7.21. The third-order valence-electron chi connectivity index (χ3n) is 4.04. The van der Waals surface area contributed by atoms with Crippen LogP contribution in [-0.2, 0) is 0 Å². The number of benzene rings is 2. The van der Waals surface area contributed by atoms with E-state index in [4.69, 9.17) is 0 Å². The third-order valence-corrected chi connectivity index (χ3v) is 4.04. The summed E-state index contributed by atoms with van der Waals surface area (Å²) in [7, 11) is 0. The van der Waals surface area contributed by atoms with Gasteiger partial charge in [-0.05, 0) is 17.2 Å². The molecule has 0 bridgehead atoms. The molecule has 1 atom stereocenters. The highest BCUT2D eigenvalue weighted by atomic mass is 14.7. The molecule has 3 aromatic rings. The maximum absolute atomic E-state index is 9.25. The fraction of sp³-hybridized carbons (Fsp3) is 0.158. The smallest absolute Gasteiger partial charge is 0.140 e. The molecule has 0 saturated carbocycles. The monoisotopic (exact) mass is 285 g/mol. The van der Waals surface area contributed by atoms with Crippen LogP contribution in [0.5, 0.6) is 0 Å². The van der Waals surface area contributed by atoms with Crippen LogP contribution in [0.15, 0.2) is 54.6 Å². The largest absolute Gasteiger partial charge is 0.354 e. The highest BCUT2D eigenvalue weighted by molar-refractivity contribution is 5.91. The molecule has 3 rings (SSSR count). The molecule has 0 spiro atoms. The highest BCUT2D eigenvalue weighted by Gasteiger charge is 2.25. The molecule has 3 nitrogen and oxygen atoms in total. The Labute approximate surface area is 129 Å². The molecule has 0 fully saturated rings. The van der Waals surface area contributed by atoms with Gasteiger partial charge in [-0.15, -0.1) is 0 Å². The molecule has 22 heavy (non-hydrogen) atoms. The summed E-state index contributed by atoms with van der Waals surface area (Å²) in [5.74, 6) is -0.831. The summed E-state index contributed by atoms with van der Waals surface area (Å²) in [6.45, 7) is 1.94. The quantitative estimate of drug-likeness (QED) is 0.764. The molecule has 0 aliphatic rings. The van der Waals surface area contributed by atoms with Crippen molar-refractivity contribution >= 4 is 10.9 Å². The van der Waals surface area contributed by atoms with Crippen molar-refractivity contribution in [2.75, 3.05) is 0 Å². The second-order valence-electron chi connectivity index (χ2n) is 5.35. The minimum absolute atomic E-state index is 0.165. The Bertz CT molecular complexity index is 864. The van der Waals surface area contributed by atoms with E-state index in [-0.39, 0.29) is 5.92 Å². The van der Waals surface area contributed by atoms with Crippen molar-refractivity contribution in [3.8, 4) is 23.4 Å². The predicted molar refractivity (Wildman–Crippen MR) is 86.9 cm³/mol. The molecular formula is C19H15N3. The molecule has 2 aromatic carbocycles. The molecule has 0 amide bonds. The summed E-state index contributed by atoms with van der Waals surface area (Å²) >= 11 is 0. The van der Waals surface area contributed by atoms with Gasteiger partial charge in [-0.3, -0.25) is 0 Å². The Kier molecular flexibility index (Phi) is 3.64. The molecule has 0 saturated heterocycles. The summed E-state index contributed by atoms with van der Waals surface area (Å²) in [5, 5.41) is 19.6. The zero-order chi connectivity index (χ0) is 15.5. The van der Waals surface area contributed by atoms with Gasteiger partial charge in [0.25, 0.3) is 0 Å². The third kappa shape index (κ3) is 2.24. The van der Waals surface area contributed by atoms with Crippen LogP contribution in [0.4, 0.5) is 0 Å². The molecule has 1 N–H and O–H groups in total. The lowest BCUT2D eigenvalue weighted by Gasteiger charge is -2.14. The lowest BCUT2D eigenvalue weighted by Crippen LogP contribution is -2.06. The number of nitrogens with zero attached hydrogens (tertiary/aromatic N) is 2. The topological polar surface area (TPSA) is 63.4 Å². The van der Waals surface area contributed by atoms with Crippen molar-refractivity contribution in [2.45, 2.75) is 12.8 Å². The zero-order valence-electron chi connectivity index (χ0n) is 12.2. The molecule has 0 aliphatic heterocycles. The van der Waals surface area contributed by atoms with E-state index in [1.165, 1.54) is 0 Å². The van der Waals surface area contributed by atoms with Crippen LogP contribution in [0.2, 0.25) is 0 Å². The molecule has 1 heterocycles. The molecule has 3 heteroatoms. The fourth-order valence-corrected chi connectivity index (χ4v) is 2.89. The predicted octanol–water partition coefficient (Wildman–Crippen LogP) is 4.60. The molecule has 0 radical (unpaired) electrons. The second kappa shape index (κ2) is 5.76. The maximum atomic E-state index is 9.25. The van der Waals surface area contributed by atoms with Gasteiger partial charge in [-0.25, -0.2) is 0 Å². The SMILES string of the molecule is CC(c1c(-c2ccccc2)[nH]c2ccccc12)C(C#N)C#N. The summed E-state index contributed by atoms with van der Waals surface area (Å²) in [6.07, 6.45) is 0. The van der Waals surface area contributed by atoms with E-state index in [0.29, 0.717) is 0 Å². The van der Waals surface area contributed by atoms with E-state index in [2.05, 4.69) is 17.1 Å². The van der Waals surface area contributed by atoms with Gasteiger partial charge >= 0.3 is 0 Å². The van der Waals surface area contributed by atoms with Gasteiger partial charge in [0.1, 0.15) is 5.92 Å². The number of aromatic amines is 1.